The summed E-state index contributed by atoms with van der Waals surface area (Å²) in [7, 11) is 2.41. The molecule has 1 aromatic heterocycles. The summed E-state index contributed by atoms with van der Waals surface area (Å²) >= 11 is 6.04. The van der Waals surface area contributed by atoms with Crippen molar-refractivity contribution in [3.05, 3.63) is 74.9 Å². The maximum absolute atomic E-state index is 13.2. The maximum atomic E-state index is 13.2. The van der Waals surface area contributed by atoms with E-state index in [0.29, 0.717) is 16.3 Å². The Balaban J connectivity index is 2.10. The molecule has 1 aliphatic rings. The lowest BCUT2D eigenvalue weighted by Crippen LogP contribution is -2.45. The topological polar surface area (TPSA) is 86.0 Å². The highest BCUT2D eigenvalue weighted by molar-refractivity contribution is 6.31. The van der Waals surface area contributed by atoms with Crippen molar-refractivity contribution in [2.75, 3.05) is 19.1 Å². The number of para-hydroxylation sites is 1. The van der Waals surface area contributed by atoms with E-state index in [4.69, 9.17) is 25.5 Å². The molecule has 0 saturated carbocycles. The lowest BCUT2D eigenvalue weighted by atomic mass is 9.96. The van der Waals surface area contributed by atoms with Gasteiger partial charge in [0.2, 0.25) is 11.3 Å². The van der Waals surface area contributed by atoms with Crippen molar-refractivity contribution < 1.29 is 23.5 Å². The number of nitrogens with zero attached hydrogens (tertiary/aromatic N) is 1. The van der Waals surface area contributed by atoms with E-state index >= 15 is 0 Å². The molecule has 0 radical (unpaired) electrons. The third-order valence-corrected chi connectivity index (χ3v) is 5.05. The molecule has 30 heavy (non-hydrogen) atoms. The number of esters is 2. The maximum Gasteiger partial charge on any atom is 0.336 e. The van der Waals surface area contributed by atoms with Crippen LogP contribution in [0.1, 0.15) is 5.56 Å². The van der Waals surface area contributed by atoms with E-state index in [1.54, 1.807) is 42.5 Å². The number of benzene rings is 2. The third kappa shape index (κ3) is 3.13. The van der Waals surface area contributed by atoms with Crippen molar-refractivity contribution in [3.8, 4) is 0 Å². The van der Waals surface area contributed by atoms with E-state index in [1.807, 2.05) is 0 Å². The second-order valence-corrected chi connectivity index (χ2v) is 6.95. The molecule has 3 aromatic rings. The van der Waals surface area contributed by atoms with Gasteiger partial charge in [0.15, 0.2) is 6.04 Å². The molecule has 1 atom stereocenters. The molecule has 152 valence electrons. The van der Waals surface area contributed by atoms with Gasteiger partial charge in [-0.2, -0.15) is 0 Å². The smallest absolute Gasteiger partial charge is 0.336 e. The standard InChI is InChI=1S/C22H16ClNO6/c1-28-21(26)15-11-16-19(25)14-10-12(23)8-9-17(14)30-20(16)24(18(15)22(27)29-2)13-6-4-3-5-7-13/h3-11,18H,1-2H3. The molecule has 0 saturated heterocycles. The molecule has 1 unspecified atom stereocenters. The summed E-state index contributed by atoms with van der Waals surface area (Å²) in [4.78, 5) is 40.0. The van der Waals surface area contributed by atoms with E-state index < -0.39 is 18.0 Å². The molecule has 0 fully saturated rings. The van der Waals surface area contributed by atoms with Crippen molar-refractivity contribution in [1.82, 2.24) is 0 Å². The summed E-state index contributed by atoms with van der Waals surface area (Å²) in [5.74, 6) is -1.35. The highest BCUT2D eigenvalue weighted by atomic mass is 35.5. The Labute approximate surface area is 176 Å². The Bertz CT molecular complexity index is 1250. The van der Waals surface area contributed by atoms with Crippen molar-refractivity contribution in [1.29, 1.82) is 0 Å². The van der Waals surface area contributed by atoms with E-state index in [9.17, 15) is 14.4 Å². The molecule has 2 aromatic carbocycles. The lowest BCUT2D eigenvalue weighted by molar-refractivity contribution is -0.144. The fraction of sp³-hybridized carbons (Fsp3) is 0.136. The largest absolute Gasteiger partial charge is 0.467 e. The van der Waals surface area contributed by atoms with Crippen LogP contribution in [0.3, 0.4) is 0 Å². The van der Waals surface area contributed by atoms with Gasteiger partial charge in [-0.3, -0.25) is 9.69 Å². The van der Waals surface area contributed by atoms with E-state index in [2.05, 4.69) is 0 Å². The number of anilines is 2. The van der Waals surface area contributed by atoms with Crippen LogP contribution in [-0.2, 0) is 19.1 Å². The molecule has 0 amide bonds. The van der Waals surface area contributed by atoms with Crippen molar-refractivity contribution >= 4 is 52.2 Å². The first kappa shape index (κ1) is 19.7. The van der Waals surface area contributed by atoms with Crippen molar-refractivity contribution in [2.45, 2.75) is 6.04 Å². The average molecular weight is 426 g/mol. The Morgan fingerprint density at radius 3 is 2.47 bits per heavy atom. The van der Waals surface area contributed by atoms with Crippen LogP contribution >= 0.6 is 11.6 Å². The fourth-order valence-corrected chi connectivity index (χ4v) is 3.63. The van der Waals surface area contributed by atoms with Gasteiger partial charge in [0.05, 0.1) is 30.7 Å². The van der Waals surface area contributed by atoms with E-state index in [-0.39, 0.29) is 27.8 Å². The summed E-state index contributed by atoms with van der Waals surface area (Å²) in [6, 6.07) is 12.3. The Hall–Kier alpha value is -3.58. The summed E-state index contributed by atoms with van der Waals surface area (Å²) < 4.78 is 15.8. The first-order chi connectivity index (χ1) is 14.5. The third-order valence-electron chi connectivity index (χ3n) is 4.82. The fourth-order valence-electron chi connectivity index (χ4n) is 3.45. The summed E-state index contributed by atoms with van der Waals surface area (Å²) in [5, 5.41) is 0.626. The molecule has 2 heterocycles. The van der Waals surface area contributed by atoms with Crippen molar-refractivity contribution in [3.63, 3.8) is 0 Å². The SMILES string of the molecule is COC(=O)C1=Cc2c(oc3ccc(Cl)cc3c2=O)N(c2ccccc2)C1C(=O)OC. The van der Waals surface area contributed by atoms with Crippen LogP contribution in [-0.4, -0.2) is 32.2 Å². The minimum Gasteiger partial charge on any atom is -0.467 e. The predicted octanol–water partition coefficient (Wildman–Crippen LogP) is 3.70. The molecule has 4 rings (SSSR count). The van der Waals surface area contributed by atoms with Gasteiger partial charge in [-0.15, -0.1) is 0 Å². The Morgan fingerprint density at radius 1 is 1.07 bits per heavy atom. The number of halogens is 1. The number of methoxy groups -OCH3 is 2. The van der Waals surface area contributed by atoms with Gasteiger partial charge >= 0.3 is 11.9 Å². The van der Waals surface area contributed by atoms with Gasteiger partial charge in [-0.05, 0) is 36.4 Å². The van der Waals surface area contributed by atoms with E-state index in [0.717, 1.165) is 0 Å². The highest BCUT2D eigenvalue weighted by Gasteiger charge is 2.42. The Kier molecular flexibility index (Phi) is 5.05. The van der Waals surface area contributed by atoms with Crippen LogP contribution in [0.4, 0.5) is 11.6 Å². The molecular weight excluding hydrogens is 410 g/mol. The quantitative estimate of drug-likeness (QED) is 0.591. The number of hydrogen-bond donors (Lipinski definition) is 0. The summed E-state index contributed by atoms with van der Waals surface area (Å²) in [5.41, 5.74) is 0.491. The zero-order valence-corrected chi connectivity index (χ0v) is 16.8. The zero-order valence-electron chi connectivity index (χ0n) is 16.0. The zero-order chi connectivity index (χ0) is 21.4. The van der Waals surface area contributed by atoms with Crippen molar-refractivity contribution in [2.24, 2.45) is 0 Å². The molecular formula is C22H16ClNO6. The molecule has 0 bridgehead atoms. The first-order valence-corrected chi connectivity index (χ1v) is 9.32. The highest BCUT2D eigenvalue weighted by Crippen LogP contribution is 2.39. The van der Waals surface area contributed by atoms with Crippen LogP contribution in [0, 0.1) is 0 Å². The van der Waals surface area contributed by atoms with Gasteiger partial charge in [-0.25, -0.2) is 9.59 Å². The lowest BCUT2D eigenvalue weighted by Gasteiger charge is -2.34. The molecule has 0 spiro atoms. The average Bonchev–Trinajstić information content (AvgIpc) is 2.78. The number of carbonyl (C=O) groups excluding carboxylic acids is 2. The van der Waals surface area contributed by atoms with Crippen LogP contribution in [0.25, 0.3) is 17.0 Å². The molecule has 7 nitrogen and oxygen atoms in total. The molecule has 0 aliphatic carbocycles. The second kappa shape index (κ2) is 7.68. The minimum atomic E-state index is -1.20. The van der Waals surface area contributed by atoms with Gasteiger partial charge in [0.25, 0.3) is 0 Å². The van der Waals surface area contributed by atoms with Crippen LogP contribution in [0.15, 0.2) is 63.3 Å². The van der Waals surface area contributed by atoms with E-state index in [1.165, 1.54) is 31.3 Å². The summed E-state index contributed by atoms with van der Waals surface area (Å²) in [6.45, 7) is 0. The minimum absolute atomic E-state index is 0.0469. The van der Waals surface area contributed by atoms with Crippen LogP contribution < -0.4 is 10.3 Å². The number of fused-ring (bicyclic) bond motifs is 2. The Morgan fingerprint density at radius 2 is 1.80 bits per heavy atom. The number of ether oxygens (including phenoxy) is 2. The number of hydrogen-bond acceptors (Lipinski definition) is 7. The molecule has 1 aliphatic heterocycles. The van der Waals surface area contributed by atoms with Crippen LogP contribution in [0.5, 0.6) is 0 Å². The van der Waals surface area contributed by atoms with Gasteiger partial charge in [0, 0.05) is 10.7 Å². The van der Waals surface area contributed by atoms with Gasteiger partial charge in [0.1, 0.15) is 5.58 Å². The number of carbonyl (C=O) groups is 2. The monoisotopic (exact) mass is 425 g/mol. The molecule has 8 heteroatoms. The second-order valence-electron chi connectivity index (χ2n) is 6.51. The summed E-state index contributed by atoms with van der Waals surface area (Å²) in [6.07, 6.45) is 1.31. The predicted molar refractivity (Wildman–Crippen MR) is 112 cm³/mol. The van der Waals surface area contributed by atoms with Gasteiger partial charge in [-0.1, -0.05) is 29.8 Å². The normalized spacial score (nSPS) is 15.4. The first-order valence-electron chi connectivity index (χ1n) is 8.94. The van der Waals surface area contributed by atoms with Gasteiger partial charge < -0.3 is 13.9 Å². The molecule has 0 N–H and O–H groups in total. The number of rotatable bonds is 3. The van der Waals surface area contributed by atoms with Crippen LogP contribution in [0.2, 0.25) is 5.02 Å².